The van der Waals surface area contributed by atoms with E-state index in [-0.39, 0.29) is 6.04 Å². The molecule has 0 radical (unpaired) electrons. The monoisotopic (exact) mass is 314 g/mol. The van der Waals surface area contributed by atoms with Crippen LogP contribution in [0.3, 0.4) is 0 Å². The smallest absolute Gasteiger partial charge is 0.207 e. The molecule has 1 aliphatic rings. The van der Waals surface area contributed by atoms with Crippen LogP contribution in [-0.4, -0.2) is 11.6 Å². The van der Waals surface area contributed by atoms with Crippen molar-refractivity contribution in [1.29, 1.82) is 0 Å². The van der Waals surface area contributed by atoms with Gasteiger partial charge in [0.1, 0.15) is 5.58 Å². The van der Waals surface area contributed by atoms with Gasteiger partial charge in [-0.3, -0.25) is 0 Å². The van der Waals surface area contributed by atoms with Crippen molar-refractivity contribution >= 4 is 11.0 Å². The highest BCUT2D eigenvalue weighted by atomic mass is 16.7. The number of para-hydroxylation sites is 1. The first kappa shape index (κ1) is 15.9. The van der Waals surface area contributed by atoms with E-state index in [0.29, 0.717) is 11.8 Å². The molecule has 2 heterocycles. The molecule has 23 heavy (non-hydrogen) atoms. The van der Waals surface area contributed by atoms with Crippen LogP contribution in [0.5, 0.6) is 0 Å². The van der Waals surface area contributed by atoms with E-state index >= 15 is 0 Å². The number of rotatable bonds is 7. The zero-order chi connectivity index (χ0) is 16.2. The van der Waals surface area contributed by atoms with Crippen LogP contribution in [0.15, 0.2) is 46.9 Å². The van der Waals surface area contributed by atoms with Crippen LogP contribution >= 0.6 is 0 Å². The number of fused-ring (bicyclic) bond motifs is 1. The molecule has 2 aromatic rings. The second-order valence-corrected chi connectivity index (χ2v) is 6.31. The maximum atomic E-state index is 5.95. The maximum Gasteiger partial charge on any atom is 0.207 e. The Bertz CT molecular complexity index is 677. The zero-order valence-corrected chi connectivity index (χ0v) is 14.0. The van der Waals surface area contributed by atoms with Crippen molar-refractivity contribution in [3.63, 3.8) is 0 Å². The van der Waals surface area contributed by atoms with Crippen molar-refractivity contribution in [2.45, 2.75) is 45.6 Å². The number of nitrogens with zero attached hydrogens (tertiary/aromatic N) is 1. The number of benzene rings is 1. The van der Waals surface area contributed by atoms with Crippen LogP contribution in [0.25, 0.3) is 11.0 Å². The van der Waals surface area contributed by atoms with E-state index in [2.05, 4.69) is 19.9 Å². The second kappa shape index (κ2) is 7.09. The van der Waals surface area contributed by atoms with Gasteiger partial charge in [-0.15, -0.1) is 5.06 Å². The Morgan fingerprint density at radius 1 is 1.26 bits per heavy atom. The lowest BCUT2D eigenvalue weighted by Gasteiger charge is -2.26. The lowest BCUT2D eigenvalue weighted by Crippen LogP contribution is -2.29. The van der Waals surface area contributed by atoms with Crippen molar-refractivity contribution in [2.75, 3.05) is 6.54 Å². The van der Waals surface area contributed by atoms with E-state index in [1.54, 1.807) is 0 Å². The summed E-state index contributed by atoms with van der Waals surface area (Å²) >= 11 is 0. The number of furan rings is 1. The highest BCUT2D eigenvalue weighted by molar-refractivity contribution is 5.81. The Morgan fingerprint density at radius 2 is 2.09 bits per heavy atom. The van der Waals surface area contributed by atoms with E-state index in [4.69, 9.17) is 15.0 Å². The summed E-state index contributed by atoms with van der Waals surface area (Å²) in [5.41, 5.74) is 7.97. The molecule has 2 unspecified atom stereocenters. The molecule has 3 rings (SSSR count). The van der Waals surface area contributed by atoms with E-state index < -0.39 is 0 Å². The molecule has 124 valence electrons. The Hall–Kier alpha value is -1.94. The summed E-state index contributed by atoms with van der Waals surface area (Å²) in [6.45, 7) is 5.37. The number of unbranched alkanes of at least 4 members (excludes halogenated alkanes) is 1. The van der Waals surface area contributed by atoms with E-state index in [9.17, 15) is 0 Å². The maximum absolute atomic E-state index is 5.95. The first-order chi connectivity index (χ1) is 11.2. The Labute approximate surface area is 137 Å². The molecular weight excluding hydrogens is 288 g/mol. The normalized spacial score (nSPS) is 19.7. The average molecular weight is 314 g/mol. The van der Waals surface area contributed by atoms with Crippen molar-refractivity contribution in [1.82, 2.24) is 5.06 Å². The minimum absolute atomic E-state index is 0.0225. The lowest BCUT2D eigenvalue weighted by molar-refractivity contribution is -0.129. The number of hydroxylamine groups is 2. The third-order valence-electron chi connectivity index (χ3n) is 4.67. The first-order valence-corrected chi connectivity index (χ1v) is 8.61. The van der Waals surface area contributed by atoms with Crippen molar-refractivity contribution in [3.8, 4) is 0 Å². The fourth-order valence-electron chi connectivity index (χ4n) is 3.26. The molecule has 2 atom stereocenters. The predicted octanol–water partition coefficient (Wildman–Crippen LogP) is 4.74. The Kier molecular flexibility index (Phi) is 4.91. The summed E-state index contributed by atoms with van der Waals surface area (Å²) in [4.78, 5) is 5.79. The number of hydrogen-bond donors (Lipinski definition) is 1. The van der Waals surface area contributed by atoms with Gasteiger partial charge in [-0.25, -0.2) is 0 Å². The molecule has 0 aliphatic carbocycles. The first-order valence-electron chi connectivity index (χ1n) is 8.61. The summed E-state index contributed by atoms with van der Waals surface area (Å²) in [6, 6.07) is 8.12. The van der Waals surface area contributed by atoms with Crippen LogP contribution in [0.1, 0.15) is 51.1 Å². The van der Waals surface area contributed by atoms with Gasteiger partial charge in [-0.1, -0.05) is 51.3 Å². The molecule has 1 aromatic heterocycles. The topological polar surface area (TPSA) is 51.6 Å². The molecule has 0 bridgehead atoms. The number of hydrogen-bond acceptors (Lipinski definition) is 4. The summed E-state index contributed by atoms with van der Waals surface area (Å²) in [5.74, 6) is 1.10. The molecule has 0 saturated heterocycles. The van der Waals surface area contributed by atoms with Crippen LogP contribution in [0, 0.1) is 5.92 Å². The third kappa shape index (κ3) is 3.37. The fraction of sp³-hybridized carbons (Fsp3) is 0.474. The van der Waals surface area contributed by atoms with Gasteiger partial charge in [-0.05, 0) is 18.4 Å². The molecule has 4 nitrogen and oxygen atoms in total. The molecule has 0 amide bonds. The highest BCUT2D eigenvalue weighted by Gasteiger charge is 2.31. The minimum atomic E-state index is 0.0225. The summed E-state index contributed by atoms with van der Waals surface area (Å²) in [6.07, 6.45) is 8.67. The van der Waals surface area contributed by atoms with Crippen LogP contribution in [0.4, 0.5) is 0 Å². The molecular formula is C19H26N2O2. The largest absolute Gasteiger partial charge is 0.464 e. The molecule has 1 aliphatic heterocycles. The molecule has 0 saturated carbocycles. The minimum Gasteiger partial charge on any atom is -0.464 e. The summed E-state index contributed by atoms with van der Waals surface area (Å²) in [5, 5.41) is 3.13. The SMILES string of the molecule is CCCCC(CC)CN1OC(N)=CC1c1coc2ccccc12. The zero-order valence-electron chi connectivity index (χ0n) is 14.0. The summed E-state index contributed by atoms with van der Waals surface area (Å²) < 4.78 is 5.69. The van der Waals surface area contributed by atoms with Crippen molar-refractivity contribution in [2.24, 2.45) is 11.7 Å². The van der Waals surface area contributed by atoms with E-state index in [1.165, 1.54) is 19.3 Å². The molecule has 2 N–H and O–H groups in total. The van der Waals surface area contributed by atoms with E-state index in [0.717, 1.165) is 29.5 Å². The summed E-state index contributed by atoms with van der Waals surface area (Å²) in [7, 11) is 0. The Balaban J connectivity index is 1.81. The second-order valence-electron chi connectivity index (χ2n) is 6.31. The van der Waals surface area contributed by atoms with Crippen LogP contribution in [-0.2, 0) is 4.84 Å². The third-order valence-corrected chi connectivity index (χ3v) is 4.67. The molecule has 0 fully saturated rings. The average Bonchev–Trinajstić information content (AvgIpc) is 3.14. The standard InChI is InChI=1S/C19H26N2O2/c1-3-5-8-14(4-2)12-21-17(11-19(20)23-21)16-13-22-18-10-7-6-9-15(16)18/h6-7,9-11,13-14,17H,3-5,8,12,20H2,1-2H3. The van der Waals surface area contributed by atoms with Gasteiger partial charge in [-0.2, -0.15) is 0 Å². The lowest BCUT2D eigenvalue weighted by atomic mass is 9.98. The molecule has 1 aromatic carbocycles. The van der Waals surface area contributed by atoms with Crippen molar-refractivity contribution in [3.05, 3.63) is 48.1 Å². The highest BCUT2D eigenvalue weighted by Crippen LogP contribution is 2.36. The van der Waals surface area contributed by atoms with Gasteiger partial charge in [0.15, 0.2) is 0 Å². The predicted molar refractivity (Wildman–Crippen MR) is 92.3 cm³/mol. The van der Waals surface area contributed by atoms with Crippen LogP contribution < -0.4 is 5.73 Å². The Morgan fingerprint density at radius 3 is 2.87 bits per heavy atom. The van der Waals surface area contributed by atoms with Gasteiger partial charge in [0, 0.05) is 23.6 Å². The fourth-order valence-corrected chi connectivity index (χ4v) is 3.26. The van der Waals surface area contributed by atoms with Gasteiger partial charge in [0.2, 0.25) is 5.88 Å². The van der Waals surface area contributed by atoms with Gasteiger partial charge in [0.25, 0.3) is 0 Å². The van der Waals surface area contributed by atoms with Gasteiger partial charge >= 0.3 is 0 Å². The molecule has 0 spiro atoms. The quantitative estimate of drug-likeness (QED) is 0.802. The van der Waals surface area contributed by atoms with Gasteiger partial charge < -0.3 is 15.0 Å². The van der Waals surface area contributed by atoms with E-state index in [1.807, 2.05) is 35.6 Å². The van der Waals surface area contributed by atoms with Gasteiger partial charge in [0.05, 0.1) is 12.3 Å². The van der Waals surface area contributed by atoms with Crippen LogP contribution in [0.2, 0.25) is 0 Å². The number of nitrogens with two attached hydrogens (primary N) is 1. The molecule has 4 heteroatoms. The van der Waals surface area contributed by atoms with Crippen molar-refractivity contribution < 1.29 is 9.25 Å².